The van der Waals surface area contributed by atoms with Gasteiger partial charge in [-0.3, -0.25) is 4.79 Å². The minimum Gasteiger partial charge on any atom is -0.347 e. The first kappa shape index (κ1) is 11.9. The van der Waals surface area contributed by atoms with Crippen LogP contribution in [-0.2, 0) is 11.2 Å². The van der Waals surface area contributed by atoms with Crippen LogP contribution in [0.1, 0.15) is 25.3 Å². The van der Waals surface area contributed by atoms with Crippen LogP contribution in [0.2, 0.25) is 0 Å². The van der Waals surface area contributed by atoms with Crippen molar-refractivity contribution < 1.29 is 4.79 Å². The molecule has 0 aromatic heterocycles. The molecule has 17 heavy (non-hydrogen) atoms. The Kier molecular flexibility index (Phi) is 3.32. The van der Waals surface area contributed by atoms with Crippen molar-refractivity contribution >= 4 is 5.91 Å². The molecule has 0 bridgehead atoms. The third kappa shape index (κ3) is 2.96. The monoisotopic (exact) mass is 229 g/mol. The standard InChI is InChI=1S/C15H19NO/c1-3-14(17)16-15(2,13-9-10-13)11-12-7-5-4-6-8-12/h3-8,13H,1,9-11H2,2H3,(H,16,17). The van der Waals surface area contributed by atoms with Gasteiger partial charge in [-0.2, -0.15) is 0 Å². The van der Waals surface area contributed by atoms with Gasteiger partial charge in [-0.05, 0) is 43.7 Å². The maximum Gasteiger partial charge on any atom is 0.243 e. The summed E-state index contributed by atoms with van der Waals surface area (Å²) in [5.74, 6) is 0.530. The van der Waals surface area contributed by atoms with Gasteiger partial charge in [-0.15, -0.1) is 0 Å². The van der Waals surface area contributed by atoms with E-state index in [0.717, 1.165) is 6.42 Å². The topological polar surface area (TPSA) is 29.1 Å². The quantitative estimate of drug-likeness (QED) is 0.773. The van der Waals surface area contributed by atoms with E-state index in [4.69, 9.17) is 0 Å². The zero-order valence-corrected chi connectivity index (χ0v) is 10.3. The summed E-state index contributed by atoms with van der Waals surface area (Å²) in [5, 5.41) is 3.10. The molecule has 1 saturated carbocycles. The Bertz CT molecular complexity index is 408. The molecule has 0 aliphatic heterocycles. The second-order valence-corrected chi connectivity index (χ2v) is 5.05. The molecule has 0 heterocycles. The lowest BCUT2D eigenvalue weighted by atomic mass is 9.87. The number of carbonyl (C=O) groups is 1. The summed E-state index contributed by atoms with van der Waals surface area (Å²) >= 11 is 0. The van der Waals surface area contributed by atoms with Gasteiger partial charge in [0, 0.05) is 5.54 Å². The first-order valence-corrected chi connectivity index (χ1v) is 6.12. The van der Waals surface area contributed by atoms with Crippen LogP contribution in [0, 0.1) is 5.92 Å². The molecule has 1 aliphatic rings. The van der Waals surface area contributed by atoms with E-state index < -0.39 is 0 Å². The van der Waals surface area contributed by atoms with E-state index in [-0.39, 0.29) is 11.4 Å². The number of benzene rings is 1. The second kappa shape index (κ2) is 4.74. The van der Waals surface area contributed by atoms with Crippen LogP contribution in [-0.4, -0.2) is 11.4 Å². The Balaban J connectivity index is 2.11. The van der Waals surface area contributed by atoms with Crippen molar-refractivity contribution in [2.24, 2.45) is 5.92 Å². The average Bonchev–Trinajstić information content (AvgIpc) is 3.14. The second-order valence-electron chi connectivity index (χ2n) is 5.05. The molecular formula is C15H19NO. The molecule has 1 aromatic carbocycles. The van der Waals surface area contributed by atoms with Crippen LogP contribution < -0.4 is 5.32 Å². The Hall–Kier alpha value is -1.57. The molecule has 2 heteroatoms. The predicted molar refractivity (Wildman–Crippen MR) is 69.6 cm³/mol. The maximum absolute atomic E-state index is 11.5. The number of hydrogen-bond acceptors (Lipinski definition) is 1. The molecule has 0 radical (unpaired) electrons. The summed E-state index contributed by atoms with van der Waals surface area (Å²) in [4.78, 5) is 11.5. The highest BCUT2D eigenvalue weighted by molar-refractivity contribution is 5.87. The maximum atomic E-state index is 11.5. The van der Waals surface area contributed by atoms with E-state index in [2.05, 4.69) is 31.0 Å². The normalized spacial score (nSPS) is 18.2. The van der Waals surface area contributed by atoms with E-state index in [1.165, 1.54) is 24.5 Å². The highest BCUT2D eigenvalue weighted by Gasteiger charge is 2.42. The number of carbonyl (C=O) groups excluding carboxylic acids is 1. The van der Waals surface area contributed by atoms with Gasteiger partial charge in [0.15, 0.2) is 0 Å². The van der Waals surface area contributed by atoms with Gasteiger partial charge in [-0.25, -0.2) is 0 Å². The Labute approximate surface area is 103 Å². The summed E-state index contributed by atoms with van der Waals surface area (Å²) in [6.45, 7) is 5.66. The van der Waals surface area contributed by atoms with Crippen molar-refractivity contribution in [1.29, 1.82) is 0 Å². The average molecular weight is 229 g/mol. The molecule has 0 saturated heterocycles. The summed E-state index contributed by atoms with van der Waals surface area (Å²) < 4.78 is 0. The molecular weight excluding hydrogens is 210 g/mol. The molecule has 1 aliphatic carbocycles. The summed E-state index contributed by atoms with van der Waals surface area (Å²) in [6.07, 6.45) is 4.66. The molecule has 90 valence electrons. The van der Waals surface area contributed by atoms with Gasteiger partial charge < -0.3 is 5.32 Å². The predicted octanol–water partition coefficient (Wildman–Crippen LogP) is 2.70. The fourth-order valence-electron chi connectivity index (χ4n) is 2.36. The number of amides is 1. The zero-order valence-electron chi connectivity index (χ0n) is 10.3. The SMILES string of the molecule is C=CC(=O)NC(C)(Cc1ccccc1)C1CC1. The van der Waals surface area contributed by atoms with Gasteiger partial charge in [0.2, 0.25) is 5.91 Å². The largest absolute Gasteiger partial charge is 0.347 e. The van der Waals surface area contributed by atoms with Gasteiger partial charge in [0.25, 0.3) is 0 Å². The Morgan fingerprint density at radius 2 is 2.12 bits per heavy atom. The summed E-state index contributed by atoms with van der Waals surface area (Å²) in [6, 6.07) is 10.3. The molecule has 1 unspecified atom stereocenters. The van der Waals surface area contributed by atoms with Crippen LogP contribution in [0.4, 0.5) is 0 Å². The highest BCUT2D eigenvalue weighted by Crippen LogP contribution is 2.41. The lowest BCUT2D eigenvalue weighted by Gasteiger charge is -2.31. The Morgan fingerprint density at radius 3 is 2.65 bits per heavy atom. The van der Waals surface area contributed by atoms with Crippen molar-refractivity contribution in [2.75, 3.05) is 0 Å². The Morgan fingerprint density at radius 1 is 1.47 bits per heavy atom. The van der Waals surface area contributed by atoms with E-state index in [9.17, 15) is 4.79 Å². The molecule has 1 amide bonds. The molecule has 2 rings (SSSR count). The summed E-state index contributed by atoms with van der Waals surface area (Å²) in [5.41, 5.74) is 1.14. The molecule has 1 aromatic rings. The minimum absolute atomic E-state index is 0.0738. The fourth-order valence-corrected chi connectivity index (χ4v) is 2.36. The van der Waals surface area contributed by atoms with Crippen LogP contribution in [0.25, 0.3) is 0 Å². The highest BCUT2D eigenvalue weighted by atomic mass is 16.1. The molecule has 1 atom stereocenters. The van der Waals surface area contributed by atoms with Crippen molar-refractivity contribution in [1.82, 2.24) is 5.32 Å². The first-order chi connectivity index (χ1) is 8.14. The lowest BCUT2D eigenvalue weighted by molar-refractivity contribution is -0.118. The smallest absolute Gasteiger partial charge is 0.243 e. The third-order valence-corrected chi connectivity index (χ3v) is 3.49. The zero-order chi connectivity index (χ0) is 12.3. The van der Waals surface area contributed by atoms with E-state index in [1.807, 2.05) is 18.2 Å². The number of rotatable bonds is 5. The van der Waals surface area contributed by atoms with Crippen LogP contribution in [0.3, 0.4) is 0 Å². The van der Waals surface area contributed by atoms with E-state index >= 15 is 0 Å². The van der Waals surface area contributed by atoms with Crippen molar-refractivity contribution in [3.8, 4) is 0 Å². The van der Waals surface area contributed by atoms with E-state index in [1.54, 1.807) is 0 Å². The van der Waals surface area contributed by atoms with Gasteiger partial charge >= 0.3 is 0 Å². The lowest BCUT2D eigenvalue weighted by Crippen LogP contribution is -2.49. The van der Waals surface area contributed by atoms with Crippen LogP contribution in [0.15, 0.2) is 43.0 Å². The van der Waals surface area contributed by atoms with Crippen LogP contribution >= 0.6 is 0 Å². The van der Waals surface area contributed by atoms with Gasteiger partial charge in [0.1, 0.15) is 0 Å². The molecule has 1 fully saturated rings. The van der Waals surface area contributed by atoms with Gasteiger partial charge in [0.05, 0.1) is 0 Å². The van der Waals surface area contributed by atoms with Crippen molar-refractivity contribution in [2.45, 2.75) is 31.7 Å². The van der Waals surface area contributed by atoms with Crippen molar-refractivity contribution in [3.05, 3.63) is 48.6 Å². The van der Waals surface area contributed by atoms with E-state index in [0.29, 0.717) is 5.92 Å². The minimum atomic E-state index is -0.132. The van der Waals surface area contributed by atoms with Crippen molar-refractivity contribution in [3.63, 3.8) is 0 Å². The molecule has 1 N–H and O–H groups in total. The number of nitrogens with one attached hydrogen (secondary N) is 1. The summed E-state index contributed by atoms with van der Waals surface area (Å²) in [7, 11) is 0. The molecule has 0 spiro atoms. The van der Waals surface area contributed by atoms with Gasteiger partial charge in [-0.1, -0.05) is 36.9 Å². The third-order valence-electron chi connectivity index (χ3n) is 3.49. The fraction of sp³-hybridized carbons (Fsp3) is 0.400. The first-order valence-electron chi connectivity index (χ1n) is 6.12. The van der Waals surface area contributed by atoms with Crippen LogP contribution in [0.5, 0.6) is 0 Å². The number of hydrogen-bond donors (Lipinski definition) is 1. The molecule has 2 nitrogen and oxygen atoms in total.